The van der Waals surface area contributed by atoms with E-state index in [-0.39, 0.29) is 5.91 Å². The second-order valence-corrected chi connectivity index (χ2v) is 5.62. The number of aromatic nitrogens is 3. The zero-order valence-corrected chi connectivity index (χ0v) is 13.2. The fourth-order valence-corrected chi connectivity index (χ4v) is 2.91. The van der Waals surface area contributed by atoms with Crippen LogP contribution in [0.25, 0.3) is 11.5 Å². The first kappa shape index (κ1) is 14.7. The van der Waals surface area contributed by atoms with E-state index in [9.17, 15) is 4.79 Å². The fraction of sp³-hybridized carbons (Fsp3) is 0.222. The van der Waals surface area contributed by atoms with E-state index in [4.69, 9.17) is 4.74 Å². The first-order valence-electron chi connectivity index (χ1n) is 7.98. The summed E-state index contributed by atoms with van der Waals surface area (Å²) in [6.07, 6.45) is 5.50. The van der Waals surface area contributed by atoms with Crippen LogP contribution in [0.1, 0.15) is 10.4 Å². The van der Waals surface area contributed by atoms with Crippen molar-refractivity contribution in [3.63, 3.8) is 0 Å². The standard InChI is InChI=1S/C18H18N4O2/c23-18(21-10-12-24-13-11-21)16-14-19-22(15-6-2-1-3-7-15)17(16)20-8-4-5-9-20/h1-9,14H,10-13H2. The van der Waals surface area contributed by atoms with Crippen molar-refractivity contribution < 1.29 is 9.53 Å². The first-order valence-corrected chi connectivity index (χ1v) is 7.98. The SMILES string of the molecule is O=C(c1cnn(-c2ccccc2)c1-n1cccc1)N1CCOCC1. The van der Waals surface area contributed by atoms with Crippen molar-refractivity contribution in [3.05, 3.63) is 66.6 Å². The lowest BCUT2D eigenvalue weighted by Gasteiger charge is -2.26. The topological polar surface area (TPSA) is 52.3 Å². The molecule has 1 fully saturated rings. The van der Waals surface area contributed by atoms with Gasteiger partial charge in [0.15, 0.2) is 5.82 Å². The molecule has 0 aliphatic carbocycles. The normalized spacial score (nSPS) is 14.8. The largest absolute Gasteiger partial charge is 0.378 e. The maximum Gasteiger partial charge on any atom is 0.259 e. The van der Waals surface area contributed by atoms with Gasteiger partial charge in [-0.1, -0.05) is 18.2 Å². The number of benzene rings is 1. The highest BCUT2D eigenvalue weighted by molar-refractivity contribution is 5.97. The molecule has 0 N–H and O–H groups in total. The molecule has 0 spiro atoms. The monoisotopic (exact) mass is 322 g/mol. The summed E-state index contributed by atoms with van der Waals surface area (Å²) in [5.74, 6) is 0.742. The lowest BCUT2D eigenvalue weighted by Crippen LogP contribution is -2.40. The van der Waals surface area contributed by atoms with E-state index in [2.05, 4.69) is 5.10 Å². The van der Waals surface area contributed by atoms with Crippen LogP contribution in [0.3, 0.4) is 0 Å². The van der Waals surface area contributed by atoms with E-state index in [1.807, 2.05) is 64.3 Å². The minimum Gasteiger partial charge on any atom is -0.378 e. The Morgan fingerprint density at radius 1 is 1.00 bits per heavy atom. The molecule has 0 atom stereocenters. The molecule has 6 nitrogen and oxygen atoms in total. The fourth-order valence-electron chi connectivity index (χ4n) is 2.91. The molecular weight excluding hydrogens is 304 g/mol. The minimum absolute atomic E-state index is 0.0100. The molecule has 3 heterocycles. The van der Waals surface area contributed by atoms with Gasteiger partial charge in [-0.15, -0.1) is 0 Å². The number of ether oxygens (including phenoxy) is 1. The van der Waals surface area contributed by atoms with Gasteiger partial charge < -0.3 is 14.2 Å². The maximum absolute atomic E-state index is 13.0. The number of hydrogen-bond donors (Lipinski definition) is 0. The molecule has 3 aromatic rings. The second kappa shape index (κ2) is 6.33. The van der Waals surface area contributed by atoms with Crippen LogP contribution in [0.5, 0.6) is 0 Å². The quantitative estimate of drug-likeness (QED) is 0.742. The molecule has 2 aromatic heterocycles. The van der Waals surface area contributed by atoms with Crippen molar-refractivity contribution in [2.75, 3.05) is 26.3 Å². The number of nitrogens with zero attached hydrogens (tertiary/aromatic N) is 4. The van der Waals surface area contributed by atoms with Gasteiger partial charge in [-0.3, -0.25) is 4.79 Å². The molecule has 4 rings (SSSR count). The molecule has 0 bridgehead atoms. The van der Waals surface area contributed by atoms with E-state index in [1.54, 1.807) is 10.9 Å². The van der Waals surface area contributed by atoms with Gasteiger partial charge in [-0.2, -0.15) is 5.10 Å². The number of hydrogen-bond acceptors (Lipinski definition) is 3. The van der Waals surface area contributed by atoms with Crippen molar-refractivity contribution in [1.82, 2.24) is 19.2 Å². The molecule has 122 valence electrons. The smallest absolute Gasteiger partial charge is 0.259 e. The molecule has 24 heavy (non-hydrogen) atoms. The van der Waals surface area contributed by atoms with E-state index in [1.165, 1.54) is 0 Å². The average molecular weight is 322 g/mol. The lowest BCUT2D eigenvalue weighted by molar-refractivity contribution is 0.0303. The highest BCUT2D eigenvalue weighted by atomic mass is 16.5. The van der Waals surface area contributed by atoms with Gasteiger partial charge in [0.25, 0.3) is 5.91 Å². The number of para-hydroxylation sites is 1. The van der Waals surface area contributed by atoms with Crippen molar-refractivity contribution in [2.45, 2.75) is 0 Å². The summed E-state index contributed by atoms with van der Waals surface area (Å²) in [6.45, 7) is 2.38. The van der Waals surface area contributed by atoms with Gasteiger partial charge in [0.2, 0.25) is 0 Å². The van der Waals surface area contributed by atoms with Gasteiger partial charge in [0.1, 0.15) is 5.56 Å². The van der Waals surface area contributed by atoms with Crippen LogP contribution >= 0.6 is 0 Å². The third-order valence-electron chi connectivity index (χ3n) is 4.12. The van der Waals surface area contributed by atoms with Crippen LogP contribution in [0.15, 0.2) is 61.1 Å². The highest BCUT2D eigenvalue weighted by Gasteiger charge is 2.25. The van der Waals surface area contributed by atoms with Crippen LogP contribution in [0, 0.1) is 0 Å². The predicted octanol–water partition coefficient (Wildman–Crippen LogP) is 2.14. The number of carbonyl (C=O) groups excluding carboxylic acids is 1. The van der Waals surface area contributed by atoms with Crippen LogP contribution in [0.4, 0.5) is 0 Å². The average Bonchev–Trinajstić information content (AvgIpc) is 3.32. The van der Waals surface area contributed by atoms with E-state index >= 15 is 0 Å². The summed E-state index contributed by atoms with van der Waals surface area (Å²) in [5, 5.41) is 4.48. The van der Waals surface area contributed by atoms with Crippen molar-refractivity contribution in [3.8, 4) is 11.5 Å². The molecule has 0 radical (unpaired) electrons. The van der Waals surface area contributed by atoms with Crippen LogP contribution in [0.2, 0.25) is 0 Å². The summed E-state index contributed by atoms with van der Waals surface area (Å²) in [6, 6.07) is 13.7. The van der Waals surface area contributed by atoms with Gasteiger partial charge in [-0.25, -0.2) is 4.68 Å². The number of carbonyl (C=O) groups is 1. The van der Waals surface area contributed by atoms with Gasteiger partial charge in [0.05, 0.1) is 25.1 Å². The second-order valence-electron chi connectivity index (χ2n) is 5.62. The Morgan fingerprint density at radius 2 is 1.71 bits per heavy atom. The molecule has 1 aromatic carbocycles. The summed E-state index contributed by atoms with van der Waals surface area (Å²) < 4.78 is 9.07. The van der Waals surface area contributed by atoms with Gasteiger partial charge >= 0.3 is 0 Å². The zero-order valence-electron chi connectivity index (χ0n) is 13.2. The Labute approximate surface area is 139 Å². The Kier molecular flexibility index (Phi) is 3.88. The molecular formula is C18H18N4O2. The molecule has 6 heteroatoms. The highest BCUT2D eigenvalue weighted by Crippen LogP contribution is 2.21. The molecule has 1 aliphatic rings. The van der Waals surface area contributed by atoms with Crippen molar-refractivity contribution >= 4 is 5.91 Å². The lowest BCUT2D eigenvalue weighted by atomic mass is 10.2. The Morgan fingerprint density at radius 3 is 2.42 bits per heavy atom. The van der Waals surface area contributed by atoms with Crippen molar-refractivity contribution in [2.24, 2.45) is 0 Å². The Balaban J connectivity index is 1.80. The Bertz CT molecular complexity index is 818. The minimum atomic E-state index is -0.0100. The van der Waals surface area contributed by atoms with Crippen LogP contribution in [-0.4, -0.2) is 51.5 Å². The summed E-state index contributed by atoms with van der Waals surface area (Å²) in [5.41, 5.74) is 1.51. The molecule has 0 saturated carbocycles. The number of morpholine rings is 1. The van der Waals surface area contributed by atoms with E-state index in [0.717, 1.165) is 11.5 Å². The van der Waals surface area contributed by atoms with Gasteiger partial charge in [0, 0.05) is 25.5 Å². The molecule has 0 unspecified atom stereocenters. The molecule has 1 saturated heterocycles. The van der Waals surface area contributed by atoms with Crippen LogP contribution in [-0.2, 0) is 4.74 Å². The first-order chi connectivity index (χ1) is 11.8. The predicted molar refractivity (Wildman–Crippen MR) is 89.6 cm³/mol. The molecule has 1 aliphatic heterocycles. The Hall–Kier alpha value is -2.86. The molecule has 1 amide bonds. The third-order valence-corrected chi connectivity index (χ3v) is 4.12. The van der Waals surface area contributed by atoms with Gasteiger partial charge in [-0.05, 0) is 24.3 Å². The number of amides is 1. The van der Waals surface area contributed by atoms with Crippen LogP contribution < -0.4 is 0 Å². The van der Waals surface area contributed by atoms with E-state index < -0.39 is 0 Å². The summed E-state index contributed by atoms with van der Waals surface area (Å²) in [4.78, 5) is 14.8. The summed E-state index contributed by atoms with van der Waals surface area (Å²) in [7, 11) is 0. The zero-order chi connectivity index (χ0) is 16.4. The maximum atomic E-state index is 13.0. The third kappa shape index (κ3) is 2.61. The van der Waals surface area contributed by atoms with E-state index in [0.29, 0.717) is 31.9 Å². The number of rotatable bonds is 3. The summed E-state index contributed by atoms with van der Waals surface area (Å²) >= 11 is 0. The van der Waals surface area contributed by atoms with Crippen molar-refractivity contribution in [1.29, 1.82) is 0 Å².